The van der Waals surface area contributed by atoms with Gasteiger partial charge in [-0.2, -0.15) is 0 Å². The number of hydrogen-bond acceptors (Lipinski definition) is 3. The smallest absolute Gasteiger partial charge is 0.253 e. The van der Waals surface area contributed by atoms with Gasteiger partial charge in [-0.3, -0.25) is 9.59 Å². The molecule has 4 heteroatoms. The summed E-state index contributed by atoms with van der Waals surface area (Å²) in [5.41, 5.74) is 1.84. The number of allylic oxidation sites excluding steroid dienone is 1. The molecule has 1 fully saturated rings. The fourth-order valence-corrected chi connectivity index (χ4v) is 1.80. The van der Waals surface area contributed by atoms with Gasteiger partial charge in [-0.1, -0.05) is 36.4 Å². The predicted octanol–water partition coefficient (Wildman–Crippen LogP) is 1.55. The normalized spacial score (nSPS) is 15.6. The molecule has 0 aliphatic carbocycles. The first-order chi connectivity index (χ1) is 8.59. The summed E-state index contributed by atoms with van der Waals surface area (Å²) in [6, 6.07) is 7.21. The van der Waals surface area contributed by atoms with Crippen molar-refractivity contribution in [1.82, 2.24) is 4.90 Å². The molecule has 0 N–H and O–H groups in total. The van der Waals surface area contributed by atoms with Crippen LogP contribution in [0.3, 0.4) is 0 Å². The molecule has 1 heterocycles. The number of hydrogen-bond donors (Lipinski definition) is 0. The summed E-state index contributed by atoms with van der Waals surface area (Å²) in [5.74, 6) is -0.433. The Labute approximate surface area is 106 Å². The highest BCUT2D eigenvalue weighted by Crippen LogP contribution is 2.14. The Hall–Kier alpha value is -1.94. The molecule has 2 rings (SSSR count). The van der Waals surface area contributed by atoms with E-state index in [0.29, 0.717) is 18.7 Å². The Kier molecular flexibility index (Phi) is 3.58. The van der Waals surface area contributed by atoms with Crippen LogP contribution < -0.4 is 0 Å². The van der Waals surface area contributed by atoms with E-state index in [2.05, 4.69) is 6.58 Å². The van der Waals surface area contributed by atoms with Crippen LogP contribution in [0.25, 0.3) is 0 Å². The molecule has 4 nitrogen and oxygen atoms in total. The number of benzene rings is 1. The number of carbonyl (C=O) groups excluding carboxylic acids is 2. The van der Waals surface area contributed by atoms with Crippen molar-refractivity contribution in [1.29, 1.82) is 0 Å². The zero-order valence-corrected chi connectivity index (χ0v) is 10.3. The fraction of sp³-hybridized carbons (Fsp3) is 0.286. The van der Waals surface area contributed by atoms with Crippen molar-refractivity contribution < 1.29 is 14.3 Å². The van der Waals surface area contributed by atoms with Gasteiger partial charge in [-0.05, 0) is 6.92 Å². The van der Waals surface area contributed by atoms with Crippen LogP contribution in [-0.2, 0) is 9.53 Å². The highest BCUT2D eigenvalue weighted by Gasteiger charge is 2.25. The molecular weight excluding hydrogens is 230 g/mol. The lowest BCUT2D eigenvalue weighted by molar-refractivity contribution is -0.139. The topological polar surface area (TPSA) is 46.6 Å². The minimum Gasteiger partial charge on any atom is -0.370 e. The van der Waals surface area contributed by atoms with Gasteiger partial charge in [0.1, 0.15) is 6.61 Å². The Morgan fingerprint density at radius 2 is 2.00 bits per heavy atom. The van der Waals surface area contributed by atoms with Gasteiger partial charge < -0.3 is 9.64 Å². The molecule has 0 saturated carbocycles. The number of rotatable bonds is 3. The molecule has 1 aromatic carbocycles. The maximum Gasteiger partial charge on any atom is 0.253 e. The molecule has 0 aromatic heterocycles. The number of ketones is 1. The van der Waals surface area contributed by atoms with Crippen molar-refractivity contribution in [2.45, 2.75) is 6.92 Å². The van der Waals surface area contributed by atoms with Gasteiger partial charge in [0, 0.05) is 12.1 Å². The monoisotopic (exact) mass is 245 g/mol. The lowest BCUT2D eigenvalue weighted by Crippen LogP contribution is -2.42. The number of carbonyl (C=O) groups is 2. The van der Waals surface area contributed by atoms with Crippen LogP contribution in [0.1, 0.15) is 15.9 Å². The standard InChI is InChI=1S/C14H15NO3/c1-10-3-5-12(6-4-10)14(17)11(2)15-7-8-18-9-13(15)16/h3-6H,2,7-9H2,1H3. The number of ether oxygens (including phenoxy) is 1. The number of Topliss-reactive ketones (excluding diaryl/α,β-unsaturated/α-hetero) is 1. The lowest BCUT2D eigenvalue weighted by atomic mass is 10.1. The van der Waals surface area contributed by atoms with Crippen molar-refractivity contribution >= 4 is 11.7 Å². The summed E-state index contributed by atoms with van der Waals surface area (Å²) in [6.07, 6.45) is 0. The Balaban J connectivity index is 2.15. The van der Waals surface area contributed by atoms with Crippen LogP contribution in [0.4, 0.5) is 0 Å². The van der Waals surface area contributed by atoms with E-state index in [1.54, 1.807) is 12.1 Å². The van der Waals surface area contributed by atoms with Gasteiger partial charge in [0.2, 0.25) is 5.78 Å². The molecule has 0 atom stereocenters. The molecule has 1 saturated heterocycles. The van der Waals surface area contributed by atoms with Gasteiger partial charge in [-0.25, -0.2) is 0 Å². The molecule has 0 bridgehead atoms. The zero-order valence-electron chi connectivity index (χ0n) is 10.3. The first kappa shape index (κ1) is 12.5. The van der Waals surface area contributed by atoms with Gasteiger partial charge in [0.25, 0.3) is 5.91 Å². The predicted molar refractivity (Wildman–Crippen MR) is 67.2 cm³/mol. The van der Waals surface area contributed by atoms with E-state index in [9.17, 15) is 9.59 Å². The summed E-state index contributed by atoms with van der Waals surface area (Å²) in [7, 11) is 0. The molecule has 0 spiro atoms. The first-order valence-electron chi connectivity index (χ1n) is 5.78. The van der Waals surface area contributed by atoms with E-state index < -0.39 is 0 Å². The van der Waals surface area contributed by atoms with Crippen molar-refractivity contribution in [3.05, 3.63) is 47.7 Å². The summed E-state index contributed by atoms with van der Waals surface area (Å²) in [4.78, 5) is 25.2. The molecule has 1 aliphatic heterocycles. The highest BCUT2D eigenvalue weighted by molar-refractivity contribution is 6.10. The van der Waals surface area contributed by atoms with Gasteiger partial charge in [0.15, 0.2) is 0 Å². The van der Waals surface area contributed by atoms with E-state index in [1.807, 2.05) is 19.1 Å². The summed E-state index contributed by atoms with van der Waals surface area (Å²) in [5, 5.41) is 0. The average Bonchev–Trinajstić information content (AvgIpc) is 2.38. The van der Waals surface area contributed by atoms with Crippen LogP contribution in [-0.4, -0.2) is 36.3 Å². The molecule has 1 aromatic rings. The number of nitrogens with zero attached hydrogens (tertiary/aromatic N) is 1. The second-order valence-corrected chi connectivity index (χ2v) is 4.24. The average molecular weight is 245 g/mol. The van der Waals surface area contributed by atoms with E-state index in [0.717, 1.165) is 5.56 Å². The molecule has 1 amide bonds. The van der Waals surface area contributed by atoms with Gasteiger partial charge in [-0.15, -0.1) is 0 Å². The van der Waals surface area contributed by atoms with Crippen LogP contribution >= 0.6 is 0 Å². The van der Waals surface area contributed by atoms with Crippen LogP contribution in [0.2, 0.25) is 0 Å². The second-order valence-electron chi connectivity index (χ2n) is 4.24. The largest absolute Gasteiger partial charge is 0.370 e. The van der Waals surface area contributed by atoms with E-state index in [1.165, 1.54) is 4.90 Å². The first-order valence-corrected chi connectivity index (χ1v) is 5.78. The quantitative estimate of drug-likeness (QED) is 0.599. The maximum absolute atomic E-state index is 12.2. The van der Waals surface area contributed by atoms with Crippen LogP contribution in [0, 0.1) is 6.92 Å². The van der Waals surface area contributed by atoms with Crippen molar-refractivity contribution in [2.24, 2.45) is 0 Å². The van der Waals surface area contributed by atoms with Gasteiger partial charge >= 0.3 is 0 Å². The van der Waals surface area contributed by atoms with E-state index in [-0.39, 0.29) is 24.0 Å². The third-order valence-corrected chi connectivity index (χ3v) is 2.89. The Morgan fingerprint density at radius 3 is 2.61 bits per heavy atom. The fourth-order valence-electron chi connectivity index (χ4n) is 1.80. The molecular formula is C14H15NO3. The minimum atomic E-state index is -0.217. The molecule has 94 valence electrons. The van der Waals surface area contributed by atoms with E-state index >= 15 is 0 Å². The van der Waals surface area contributed by atoms with Crippen molar-refractivity contribution in [3.8, 4) is 0 Å². The summed E-state index contributed by atoms with van der Waals surface area (Å²) >= 11 is 0. The minimum absolute atomic E-state index is 0.0141. The summed E-state index contributed by atoms with van der Waals surface area (Å²) in [6.45, 7) is 6.52. The molecule has 1 aliphatic rings. The van der Waals surface area contributed by atoms with Crippen molar-refractivity contribution in [2.75, 3.05) is 19.8 Å². The van der Waals surface area contributed by atoms with Crippen molar-refractivity contribution in [3.63, 3.8) is 0 Å². The SMILES string of the molecule is C=C(C(=O)c1ccc(C)cc1)N1CCOCC1=O. The number of morpholine rings is 1. The summed E-state index contributed by atoms with van der Waals surface area (Å²) < 4.78 is 5.02. The van der Waals surface area contributed by atoms with Gasteiger partial charge in [0.05, 0.1) is 12.3 Å². The van der Waals surface area contributed by atoms with Crippen LogP contribution in [0.15, 0.2) is 36.5 Å². The molecule has 0 unspecified atom stereocenters. The number of amides is 1. The molecule has 18 heavy (non-hydrogen) atoms. The highest BCUT2D eigenvalue weighted by atomic mass is 16.5. The molecule has 0 radical (unpaired) electrons. The Bertz CT molecular complexity index is 490. The Morgan fingerprint density at radius 1 is 1.33 bits per heavy atom. The second kappa shape index (κ2) is 5.14. The third-order valence-electron chi connectivity index (χ3n) is 2.89. The third kappa shape index (κ3) is 2.49. The van der Waals surface area contributed by atoms with E-state index in [4.69, 9.17) is 4.74 Å². The number of aryl methyl sites for hydroxylation is 1. The van der Waals surface area contributed by atoms with Crippen LogP contribution in [0.5, 0.6) is 0 Å². The maximum atomic E-state index is 12.2. The lowest BCUT2D eigenvalue weighted by Gasteiger charge is -2.27. The zero-order chi connectivity index (χ0) is 13.1.